The van der Waals surface area contributed by atoms with Gasteiger partial charge in [0.15, 0.2) is 0 Å². The third-order valence-electron chi connectivity index (χ3n) is 6.85. The molecule has 3 aromatic carbocycles. The Morgan fingerprint density at radius 3 is 1.24 bits per heavy atom. The predicted molar refractivity (Wildman–Crippen MR) is 164 cm³/mol. The van der Waals surface area contributed by atoms with Crippen LogP contribution in [-0.4, -0.2) is 5.84 Å². The van der Waals surface area contributed by atoms with Gasteiger partial charge in [0, 0.05) is 11.3 Å². The molecule has 2 heteroatoms. The third-order valence-corrected chi connectivity index (χ3v) is 6.85. The lowest BCUT2D eigenvalue weighted by atomic mass is 9.78. The highest BCUT2D eigenvalue weighted by molar-refractivity contribution is 6.10. The smallest absolute Gasteiger partial charge is 0.138 e. The first-order valence-corrected chi connectivity index (χ1v) is 13.6. The SMILES string of the molecule is CC(C)(C)c1cccc(C(C)(C)C)c1N=C(Nc1c(C(C)(C)C)cccc1C(C)(C)C)c1ccccc1. The van der Waals surface area contributed by atoms with E-state index in [1.165, 1.54) is 22.3 Å². The second-order valence-electron chi connectivity index (χ2n) is 14.4. The summed E-state index contributed by atoms with van der Waals surface area (Å²) in [6.45, 7) is 27.3. The van der Waals surface area contributed by atoms with Crippen LogP contribution in [0.15, 0.2) is 71.7 Å². The lowest BCUT2D eigenvalue weighted by molar-refractivity contribution is 0.571. The molecule has 1 N–H and O–H groups in total. The standard InChI is InChI=1S/C35H48N2/c1-32(2,3)25-20-16-21-26(33(4,5)6)29(25)36-31(24-18-14-13-15-19-24)37-30-27(34(7,8)9)22-17-23-28(30)35(10,11)12/h13-23H,1-12H3,(H,36,37). The van der Waals surface area contributed by atoms with Crippen LogP contribution in [0, 0.1) is 0 Å². The molecule has 0 saturated carbocycles. The second-order valence-corrected chi connectivity index (χ2v) is 14.4. The van der Waals surface area contributed by atoms with E-state index in [0.29, 0.717) is 0 Å². The van der Waals surface area contributed by atoms with Gasteiger partial charge >= 0.3 is 0 Å². The fourth-order valence-corrected chi connectivity index (χ4v) is 4.80. The van der Waals surface area contributed by atoms with Gasteiger partial charge in [-0.15, -0.1) is 0 Å². The molecule has 0 aliphatic rings. The van der Waals surface area contributed by atoms with E-state index in [1.807, 2.05) is 0 Å². The van der Waals surface area contributed by atoms with Gasteiger partial charge in [0.25, 0.3) is 0 Å². The van der Waals surface area contributed by atoms with Crippen molar-refractivity contribution in [2.24, 2.45) is 4.99 Å². The first-order chi connectivity index (χ1) is 16.9. The van der Waals surface area contributed by atoms with E-state index in [2.05, 4.69) is 155 Å². The lowest BCUT2D eigenvalue weighted by Crippen LogP contribution is -2.25. The molecule has 0 amide bonds. The number of nitrogens with one attached hydrogen (secondary N) is 1. The molecule has 0 fully saturated rings. The van der Waals surface area contributed by atoms with Gasteiger partial charge in [-0.25, -0.2) is 4.99 Å². The molecule has 0 heterocycles. The molecule has 3 rings (SSSR count). The number of benzene rings is 3. The molecule has 198 valence electrons. The van der Waals surface area contributed by atoms with Crippen LogP contribution < -0.4 is 5.32 Å². The van der Waals surface area contributed by atoms with E-state index < -0.39 is 0 Å². The normalized spacial score (nSPS) is 13.6. The summed E-state index contributed by atoms with van der Waals surface area (Å²) in [5.41, 5.74) is 8.29. The van der Waals surface area contributed by atoms with Gasteiger partial charge in [0.1, 0.15) is 5.84 Å². The molecule has 37 heavy (non-hydrogen) atoms. The second kappa shape index (κ2) is 10.1. The van der Waals surface area contributed by atoms with Crippen molar-refractivity contribution in [3.63, 3.8) is 0 Å². The summed E-state index contributed by atoms with van der Waals surface area (Å²) >= 11 is 0. The van der Waals surface area contributed by atoms with Crippen molar-refractivity contribution >= 4 is 17.2 Å². The number of rotatable bonds is 3. The number of hydrogen-bond acceptors (Lipinski definition) is 1. The Morgan fingerprint density at radius 1 is 0.486 bits per heavy atom. The first kappa shape index (κ1) is 28.7. The van der Waals surface area contributed by atoms with Gasteiger partial charge in [0.05, 0.1) is 5.69 Å². The molecule has 0 aromatic heterocycles. The molecule has 0 spiro atoms. The number of para-hydroxylation sites is 2. The maximum absolute atomic E-state index is 5.51. The highest BCUT2D eigenvalue weighted by atomic mass is 15.0. The minimum atomic E-state index is -0.0399. The topological polar surface area (TPSA) is 24.4 Å². The Kier molecular flexibility index (Phi) is 7.85. The monoisotopic (exact) mass is 496 g/mol. The maximum atomic E-state index is 5.51. The van der Waals surface area contributed by atoms with Crippen molar-refractivity contribution in [1.82, 2.24) is 0 Å². The first-order valence-electron chi connectivity index (χ1n) is 13.6. The number of aliphatic imine (C=N–C) groups is 1. The van der Waals surface area contributed by atoms with Gasteiger partial charge in [-0.1, -0.05) is 150 Å². The number of anilines is 1. The summed E-state index contributed by atoms with van der Waals surface area (Å²) in [4.78, 5) is 5.51. The minimum absolute atomic E-state index is 0.0225. The molecule has 0 saturated heterocycles. The summed E-state index contributed by atoms with van der Waals surface area (Å²) in [6.07, 6.45) is 0. The zero-order chi connectivity index (χ0) is 27.8. The van der Waals surface area contributed by atoms with Crippen LogP contribution in [0.1, 0.15) is 111 Å². The summed E-state index contributed by atoms with van der Waals surface area (Å²) in [5, 5.41) is 3.90. The molecule has 0 aliphatic carbocycles. The number of nitrogens with zero attached hydrogens (tertiary/aromatic N) is 1. The van der Waals surface area contributed by atoms with E-state index in [0.717, 1.165) is 22.8 Å². The zero-order valence-corrected chi connectivity index (χ0v) is 25.3. The van der Waals surface area contributed by atoms with Crippen molar-refractivity contribution in [3.8, 4) is 0 Å². The molecule has 0 atom stereocenters. The molecule has 0 unspecified atom stereocenters. The Labute approximate surface area is 226 Å². The minimum Gasteiger partial charge on any atom is -0.339 e. The molecule has 0 aliphatic heterocycles. The highest BCUT2D eigenvalue weighted by Gasteiger charge is 2.28. The summed E-state index contributed by atoms with van der Waals surface area (Å²) in [5.74, 6) is 0.880. The van der Waals surface area contributed by atoms with Gasteiger partial charge in [0.2, 0.25) is 0 Å². The van der Waals surface area contributed by atoms with E-state index in [4.69, 9.17) is 4.99 Å². The van der Waals surface area contributed by atoms with Crippen LogP contribution in [0.4, 0.5) is 11.4 Å². The number of hydrogen-bond donors (Lipinski definition) is 1. The van der Waals surface area contributed by atoms with E-state index >= 15 is 0 Å². The number of amidine groups is 1. The molecule has 3 aromatic rings. The molecule has 2 nitrogen and oxygen atoms in total. The zero-order valence-electron chi connectivity index (χ0n) is 25.3. The third kappa shape index (κ3) is 6.72. The van der Waals surface area contributed by atoms with Crippen LogP contribution in [0.25, 0.3) is 0 Å². The van der Waals surface area contributed by atoms with E-state index in [-0.39, 0.29) is 21.7 Å². The fraction of sp³-hybridized carbons (Fsp3) is 0.457. The van der Waals surface area contributed by atoms with Crippen LogP contribution in [0.2, 0.25) is 0 Å². The van der Waals surface area contributed by atoms with Crippen LogP contribution in [0.3, 0.4) is 0 Å². The molecular formula is C35H48N2. The van der Waals surface area contributed by atoms with Crippen molar-refractivity contribution in [1.29, 1.82) is 0 Å². The molecular weight excluding hydrogens is 448 g/mol. The van der Waals surface area contributed by atoms with Gasteiger partial charge < -0.3 is 5.32 Å². The maximum Gasteiger partial charge on any atom is 0.138 e. The Hall–Kier alpha value is -2.87. The average molecular weight is 497 g/mol. The van der Waals surface area contributed by atoms with Gasteiger partial charge in [-0.3, -0.25) is 0 Å². The quantitative estimate of drug-likeness (QED) is 0.283. The summed E-state index contributed by atoms with van der Waals surface area (Å²) < 4.78 is 0. The lowest BCUT2D eigenvalue weighted by Gasteiger charge is -2.31. The van der Waals surface area contributed by atoms with Crippen LogP contribution in [0.5, 0.6) is 0 Å². The van der Waals surface area contributed by atoms with E-state index in [1.54, 1.807) is 0 Å². The molecule has 0 bridgehead atoms. The Morgan fingerprint density at radius 2 is 0.865 bits per heavy atom. The molecule has 0 radical (unpaired) electrons. The highest BCUT2D eigenvalue weighted by Crippen LogP contribution is 2.41. The van der Waals surface area contributed by atoms with Crippen molar-refractivity contribution in [2.75, 3.05) is 5.32 Å². The van der Waals surface area contributed by atoms with Crippen molar-refractivity contribution < 1.29 is 0 Å². The average Bonchev–Trinajstić information content (AvgIpc) is 2.76. The largest absolute Gasteiger partial charge is 0.339 e. The van der Waals surface area contributed by atoms with Crippen molar-refractivity contribution in [2.45, 2.75) is 105 Å². The van der Waals surface area contributed by atoms with Gasteiger partial charge in [-0.05, 0) is 43.9 Å². The fourth-order valence-electron chi connectivity index (χ4n) is 4.80. The van der Waals surface area contributed by atoms with E-state index in [9.17, 15) is 0 Å². The Bertz CT molecular complexity index is 1190. The van der Waals surface area contributed by atoms with Gasteiger partial charge in [-0.2, -0.15) is 0 Å². The van der Waals surface area contributed by atoms with Crippen LogP contribution in [-0.2, 0) is 21.7 Å². The summed E-state index contributed by atoms with van der Waals surface area (Å²) in [6, 6.07) is 23.9. The predicted octanol–water partition coefficient (Wildman–Crippen LogP) is 10.1. The van der Waals surface area contributed by atoms with Crippen molar-refractivity contribution in [3.05, 3.63) is 94.5 Å². The van der Waals surface area contributed by atoms with Crippen LogP contribution >= 0.6 is 0 Å². The summed E-state index contributed by atoms with van der Waals surface area (Å²) in [7, 11) is 0. The Balaban J connectivity index is 2.40.